The molecule has 0 heterocycles. The van der Waals surface area contributed by atoms with Crippen molar-refractivity contribution in [3.8, 4) is 6.07 Å². The minimum Gasteiger partial charge on any atom is -0.283 e. The lowest BCUT2D eigenvalue weighted by Gasteiger charge is -2.09. The van der Waals surface area contributed by atoms with Crippen molar-refractivity contribution in [1.29, 1.82) is 5.26 Å². The van der Waals surface area contributed by atoms with Gasteiger partial charge in [-0.05, 0) is 29.8 Å². The van der Waals surface area contributed by atoms with Gasteiger partial charge in [-0.1, -0.05) is 41.4 Å². The van der Waals surface area contributed by atoms with E-state index in [2.05, 4.69) is 4.72 Å². The molecule has 7 heteroatoms. The molecule has 0 bridgehead atoms. The van der Waals surface area contributed by atoms with Crippen LogP contribution in [0.5, 0.6) is 0 Å². The summed E-state index contributed by atoms with van der Waals surface area (Å²) >= 11 is 11.6. The molecule has 4 nitrogen and oxygen atoms in total. The van der Waals surface area contributed by atoms with Crippen LogP contribution >= 0.6 is 23.2 Å². The molecular formula is C14H10Cl2N2O2S. The van der Waals surface area contributed by atoms with Gasteiger partial charge in [-0.15, -0.1) is 0 Å². The van der Waals surface area contributed by atoms with Gasteiger partial charge < -0.3 is 0 Å². The SMILES string of the molecule is N#Cc1ccccc1CS(=O)(=O)Nc1cc(Cl)cc(Cl)c1. The van der Waals surface area contributed by atoms with E-state index in [9.17, 15) is 8.42 Å². The lowest BCUT2D eigenvalue weighted by atomic mass is 10.1. The van der Waals surface area contributed by atoms with E-state index in [-0.39, 0.29) is 11.4 Å². The van der Waals surface area contributed by atoms with Gasteiger partial charge in [-0.2, -0.15) is 5.26 Å². The van der Waals surface area contributed by atoms with Crippen LogP contribution in [0, 0.1) is 11.3 Å². The molecule has 2 aromatic rings. The van der Waals surface area contributed by atoms with Crippen LogP contribution in [-0.4, -0.2) is 8.42 Å². The Morgan fingerprint density at radius 2 is 1.71 bits per heavy atom. The van der Waals surface area contributed by atoms with E-state index in [4.69, 9.17) is 28.5 Å². The van der Waals surface area contributed by atoms with Gasteiger partial charge in [0.15, 0.2) is 0 Å². The number of halogens is 2. The number of rotatable bonds is 4. The fourth-order valence-electron chi connectivity index (χ4n) is 1.79. The topological polar surface area (TPSA) is 70.0 Å². The zero-order valence-corrected chi connectivity index (χ0v) is 13.0. The highest BCUT2D eigenvalue weighted by atomic mass is 35.5. The van der Waals surface area contributed by atoms with Gasteiger partial charge in [0, 0.05) is 10.0 Å². The third-order valence-electron chi connectivity index (χ3n) is 2.62. The Labute approximate surface area is 133 Å². The van der Waals surface area contributed by atoms with Gasteiger partial charge in [0.1, 0.15) is 0 Å². The summed E-state index contributed by atoms with van der Waals surface area (Å²) in [6.07, 6.45) is 0. The summed E-state index contributed by atoms with van der Waals surface area (Å²) in [5, 5.41) is 9.64. The minimum atomic E-state index is -3.67. The second-order valence-electron chi connectivity index (χ2n) is 4.29. The van der Waals surface area contributed by atoms with Gasteiger partial charge in [0.2, 0.25) is 10.0 Å². The molecule has 0 saturated carbocycles. The van der Waals surface area contributed by atoms with Gasteiger partial charge in [-0.3, -0.25) is 4.72 Å². The predicted molar refractivity (Wildman–Crippen MR) is 83.9 cm³/mol. The van der Waals surface area contributed by atoms with Gasteiger partial charge in [-0.25, -0.2) is 8.42 Å². The Balaban J connectivity index is 2.25. The molecule has 0 aromatic heterocycles. The second kappa shape index (κ2) is 6.35. The van der Waals surface area contributed by atoms with Crippen LogP contribution in [0.3, 0.4) is 0 Å². The van der Waals surface area contributed by atoms with Crippen molar-refractivity contribution in [2.75, 3.05) is 4.72 Å². The average Bonchev–Trinajstić information content (AvgIpc) is 2.36. The van der Waals surface area contributed by atoms with Crippen LogP contribution in [0.1, 0.15) is 11.1 Å². The van der Waals surface area contributed by atoms with Gasteiger partial charge >= 0.3 is 0 Å². The van der Waals surface area contributed by atoms with E-state index in [1.54, 1.807) is 24.3 Å². The van der Waals surface area contributed by atoms with Crippen molar-refractivity contribution in [3.63, 3.8) is 0 Å². The molecule has 21 heavy (non-hydrogen) atoms. The molecule has 0 atom stereocenters. The van der Waals surface area contributed by atoms with Crippen molar-refractivity contribution in [2.24, 2.45) is 0 Å². The highest BCUT2D eigenvalue weighted by Crippen LogP contribution is 2.24. The number of nitrogens with one attached hydrogen (secondary N) is 1. The standard InChI is InChI=1S/C14H10Cl2N2O2S/c15-12-5-13(16)7-14(6-12)18-21(19,20)9-11-4-2-1-3-10(11)8-17/h1-7,18H,9H2. The normalized spacial score (nSPS) is 10.9. The van der Waals surface area contributed by atoms with Crippen molar-refractivity contribution < 1.29 is 8.42 Å². The molecule has 0 fully saturated rings. The Hall–Kier alpha value is -1.74. The summed E-state index contributed by atoms with van der Waals surface area (Å²) in [4.78, 5) is 0. The number of hydrogen-bond donors (Lipinski definition) is 1. The van der Waals surface area contributed by atoms with E-state index in [0.717, 1.165) is 0 Å². The molecule has 0 aliphatic carbocycles. The third kappa shape index (κ3) is 4.36. The molecule has 0 aliphatic rings. The van der Waals surface area contributed by atoms with Gasteiger partial charge in [0.25, 0.3) is 0 Å². The van der Waals surface area contributed by atoms with Crippen molar-refractivity contribution in [2.45, 2.75) is 5.75 Å². The molecule has 0 spiro atoms. The van der Waals surface area contributed by atoms with Crippen molar-refractivity contribution in [3.05, 3.63) is 63.6 Å². The zero-order valence-electron chi connectivity index (χ0n) is 10.7. The molecule has 108 valence electrons. The number of sulfonamides is 1. The van der Waals surface area contributed by atoms with Gasteiger partial charge in [0.05, 0.1) is 23.1 Å². The number of benzene rings is 2. The first-order valence-electron chi connectivity index (χ1n) is 5.84. The summed E-state index contributed by atoms with van der Waals surface area (Å²) in [6.45, 7) is 0. The molecule has 2 aromatic carbocycles. The Kier molecular flexibility index (Phi) is 4.73. The molecule has 0 amide bonds. The number of anilines is 1. The quantitative estimate of drug-likeness (QED) is 0.919. The lowest BCUT2D eigenvalue weighted by Crippen LogP contribution is -2.15. The molecule has 0 radical (unpaired) electrons. The van der Waals surface area contributed by atoms with E-state index in [1.807, 2.05) is 6.07 Å². The molecular weight excluding hydrogens is 331 g/mol. The number of nitrogens with zero attached hydrogens (tertiary/aromatic N) is 1. The van der Waals surface area contributed by atoms with E-state index in [1.165, 1.54) is 18.2 Å². The maximum atomic E-state index is 12.2. The van der Waals surface area contributed by atoms with E-state index >= 15 is 0 Å². The molecule has 0 saturated heterocycles. The smallest absolute Gasteiger partial charge is 0.236 e. The second-order valence-corrected chi connectivity index (χ2v) is 6.88. The first-order valence-corrected chi connectivity index (χ1v) is 8.25. The predicted octanol–water partition coefficient (Wildman–Crippen LogP) is 3.81. The maximum absolute atomic E-state index is 12.2. The third-order valence-corrected chi connectivity index (χ3v) is 4.29. The number of nitriles is 1. The Bertz CT molecular complexity index is 794. The summed E-state index contributed by atoms with van der Waals surface area (Å²) < 4.78 is 26.7. The lowest BCUT2D eigenvalue weighted by molar-refractivity contribution is 0.600. The summed E-state index contributed by atoms with van der Waals surface area (Å²) in [6, 6.07) is 12.9. The van der Waals surface area contributed by atoms with E-state index < -0.39 is 10.0 Å². The molecule has 2 rings (SSSR count). The zero-order chi connectivity index (χ0) is 15.5. The first kappa shape index (κ1) is 15.6. The molecule has 0 unspecified atom stereocenters. The fourth-order valence-corrected chi connectivity index (χ4v) is 3.52. The van der Waals surface area contributed by atoms with Crippen molar-refractivity contribution >= 4 is 38.9 Å². The van der Waals surface area contributed by atoms with Crippen LogP contribution in [0.4, 0.5) is 5.69 Å². The maximum Gasteiger partial charge on any atom is 0.236 e. The monoisotopic (exact) mass is 340 g/mol. The van der Waals surface area contributed by atoms with Crippen LogP contribution in [0.15, 0.2) is 42.5 Å². The summed E-state index contributed by atoms with van der Waals surface area (Å²) in [5.74, 6) is -0.305. The summed E-state index contributed by atoms with van der Waals surface area (Å²) in [5.41, 5.74) is 1.04. The highest BCUT2D eigenvalue weighted by molar-refractivity contribution is 7.91. The van der Waals surface area contributed by atoms with Crippen LogP contribution in [0.25, 0.3) is 0 Å². The molecule has 0 aliphatic heterocycles. The first-order chi connectivity index (χ1) is 9.89. The van der Waals surface area contributed by atoms with Crippen LogP contribution < -0.4 is 4.72 Å². The molecule has 1 N–H and O–H groups in total. The Morgan fingerprint density at radius 1 is 1.10 bits per heavy atom. The average molecular weight is 341 g/mol. The highest BCUT2D eigenvalue weighted by Gasteiger charge is 2.15. The minimum absolute atomic E-state index is 0.280. The van der Waals surface area contributed by atoms with E-state index in [0.29, 0.717) is 21.2 Å². The van der Waals surface area contributed by atoms with Crippen LogP contribution in [0.2, 0.25) is 10.0 Å². The summed E-state index contributed by atoms with van der Waals surface area (Å²) in [7, 11) is -3.67. The largest absolute Gasteiger partial charge is 0.283 e. The number of hydrogen-bond acceptors (Lipinski definition) is 3. The van der Waals surface area contributed by atoms with Crippen LogP contribution in [-0.2, 0) is 15.8 Å². The fraction of sp³-hybridized carbons (Fsp3) is 0.0714. The van der Waals surface area contributed by atoms with Crippen molar-refractivity contribution in [1.82, 2.24) is 0 Å². The Morgan fingerprint density at radius 3 is 2.33 bits per heavy atom.